The maximum Gasteiger partial charge on any atom is 0.242 e. The zero-order valence-corrected chi connectivity index (χ0v) is 6.49. The van der Waals surface area contributed by atoms with E-state index in [1.54, 1.807) is 0 Å². The molecule has 4 heteroatoms. The number of allylic oxidation sites excluding steroid dienone is 1. The van der Waals surface area contributed by atoms with Crippen molar-refractivity contribution in [3.05, 3.63) is 12.7 Å². The van der Waals surface area contributed by atoms with Crippen molar-refractivity contribution in [3.8, 4) is 6.07 Å². The molecule has 0 heterocycles. The van der Waals surface area contributed by atoms with E-state index in [1.165, 1.54) is 12.1 Å². The number of nitriles is 1. The van der Waals surface area contributed by atoms with Gasteiger partial charge >= 0.3 is 0 Å². The summed E-state index contributed by atoms with van der Waals surface area (Å²) in [6.07, 6.45) is 1.47. The monoisotopic (exact) mass is 167 g/mol. The second-order valence-corrected chi connectivity index (χ2v) is 2.18. The van der Waals surface area contributed by atoms with Crippen LogP contribution in [0.3, 0.4) is 0 Å². The zero-order chi connectivity index (χ0) is 9.56. The average molecular weight is 167 g/mol. The van der Waals surface area contributed by atoms with E-state index in [9.17, 15) is 9.59 Å². The van der Waals surface area contributed by atoms with Crippen molar-refractivity contribution in [1.29, 1.82) is 5.26 Å². The minimum absolute atomic E-state index is 0.103. The summed E-state index contributed by atoms with van der Waals surface area (Å²) >= 11 is 0. The van der Waals surface area contributed by atoms with Crippen molar-refractivity contribution < 1.29 is 14.7 Å². The lowest BCUT2D eigenvalue weighted by Crippen LogP contribution is -2.24. The Morgan fingerprint density at radius 1 is 1.67 bits per heavy atom. The highest BCUT2D eigenvalue weighted by molar-refractivity contribution is 6.09. The molecule has 0 aliphatic carbocycles. The summed E-state index contributed by atoms with van der Waals surface area (Å²) in [5, 5.41) is 16.6. The fraction of sp³-hybridized carbons (Fsp3) is 0.375. The highest BCUT2D eigenvalue weighted by Crippen LogP contribution is 2.06. The number of rotatable bonds is 5. The number of nitrogens with zero attached hydrogens (tertiary/aromatic N) is 1. The van der Waals surface area contributed by atoms with Gasteiger partial charge < -0.3 is 5.11 Å². The third kappa shape index (κ3) is 2.64. The van der Waals surface area contributed by atoms with Crippen LogP contribution in [0.5, 0.6) is 0 Å². The molecule has 0 amide bonds. The number of aliphatic hydroxyl groups is 1. The molecule has 64 valence electrons. The van der Waals surface area contributed by atoms with E-state index < -0.39 is 24.1 Å². The molecule has 0 aromatic rings. The molecule has 4 nitrogen and oxygen atoms in total. The quantitative estimate of drug-likeness (QED) is 0.350. The smallest absolute Gasteiger partial charge is 0.242 e. The topological polar surface area (TPSA) is 78.2 Å². The van der Waals surface area contributed by atoms with Crippen molar-refractivity contribution in [2.45, 2.75) is 6.42 Å². The molecular weight excluding hydrogens is 158 g/mol. The molecular formula is C8H9NO3. The van der Waals surface area contributed by atoms with Crippen molar-refractivity contribution in [2.24, 2.45) is 5.92 Å². The van der Waals surface area contributed by atoms with Crippen LogP contribution in [0.15, 0.2) is 12.7 Å². The van der Waals surface area contributed by atoms with Gasteiger partial charge in [-0.1, -0.05) is 6.08 Å². The Morgan fingerprint density at radius 2 is 2.25 bits per heavy atom. The number of aliphatic hydroxyl groups excluding tert-OH is 1. The van der Waals surface area contributed by atoms with E-state index in [1.807, 2.05) is 0 Å². The summed E-state index contributed by atoms with van der Waals surface area (Å²) < 4.78 is 0. The van der Waals surface area contributed by atoms with Crippen LogP contribution in [-0.4, -0.2) is 23.3 Å². The Bertz CT molecular complexity index is 239. The predicted octanol–water partition coefficient (Wildman–Crippen LogP) is -0.167. The van der Waals surface area contributed by atoms with Crippen LogP contribution in [0.1, 0.15) is 6.42 Å². The van der Waals surface area contributed by atoms with E-state index in [4.69, 9.17) is 10.4 Å². The van der Waals surface area contributed by atoms with Gasteiger partial charge in [-0.2, -0.15) is 5.26 Å². The summed E-state index contributed by atoms with van der Waals surface area (Å²) in [4.78, 5) is 21.6. The summed E-state index contributed by atoms with van der Waals surface area (Å²) in [5.74, 6) is -2.51. The molecule has 0 aromatic heterocycles. The Kier molecular flexibility index (Phi) is 4.58. The van der Waals surface area contributed by atoms with Crippen LogP contribution < -0.4 is 0 Å². The Balaban J connectivity index is 4.44. The second-order valence-electron chi connectivity index (χ2n) is 2.18. The van der Waals surface area contributed by atoms with E-state index in [0.717, 1.165) is 0 Å². The van der Waals surface area contributed by atoms with Gasteiger partial charge in [-0.3, -0.25) is 9.59 Å². The Morgan fingerprint density at radius 3 is 2.58 bits per heavy atom. The minimum atomic E-state index is -1.04. The Labute approximate surface area is 70.1 Å². The van der Waals surface area contributed by atoms with Crippen LogP contribution in [0.25, 0.3) is 0 Å². The maximum absolute atomic E-state index is 10.8. The summed E-state index contributed by atoms with van der Waals surface area (Å²) in [5.41, 5.74) is 0. The number of hydrogen-bond acceptors (Lipinski definition) is 4. The Hall–Kier alpha value is -1.47. The number of hydrogen-bond donors (Lipinski definition) is 1. The van der Waals surface area contributed by atoms with E-state index in [0.29, 0.717) is 0 Å². The highest BCUT2D eigenvalue weighted by Gasteiger charge is 2.23. The molecule has 0 rings (SSSR count). The van der Waals surface area contributed by atoms with Crippen LogP contribution in [0, 0.1) is 17.2 Å². The normalized spacial score (nSPS) is 11.3. The molecule has 0 aliphatic heterocycles. The average Bonchev–Trinajstić information content (AvgIpc) is 2.11. The first-order valence-electron chi connectivity index (χ1n) is 3.35. The first-order valence-corrected chi connectivity index (χ1v) is 3.35. The van der Waals surface area contributed by atoms with E-state index in [2.05, 4.69) is 6.58 Å². The lowest BCUT2D eigenvalue weighted by Gasteiger charge is -2.04. The molecule has 0 bridgehead atoms. The molecule has 1 unspecified atom stereocenters. The first kappa shape index (κ1) is 10.5. The third-order valence-corrected chi connectivity index (χ3v) is 1.37. The van der Waals surface area contributed by atoms with E-state index >= 15 is 0 Å². The molecule has 0 aliphatic rings. The number of carbonyl (C=O) groups is 2. The number of Topliss-reactive ketones (excluding diaryl/α,β-unsaturated/α-hetero) is 2. The highest BCUT2D eigenvalue weighted by atomic mass is 16.3. The zero-order valence-electron chi connectivity index (χ0n) is 6.49. The standard InChI is InChI=1S/C8H9NO3/c1-2-3-6(7(11)4-9)8(12)5-10/h2,6,10H,1,3,5H2. The molecule has 0 aromatic carbocycles. The van der Waals surface area contributed by atoms with Crippen LogP contribution in [0.4, 0.5) is 0 Å². The maximum atomic E-state index is 10.8. The van der Waals surface area contributed by atoms with Crippen molar-refractivity contribution >= 4 is 11.6 Å². The molecule has 0 spiro atoms. The van der Waals surface area contributed by atoms with Gasteiger partial charge in [-0.05, 0) is 6.42 Å². The SMILES string of the molecule is C=CCC(C(=O)C#N)C(=O)CO. The molecule has 1 atom stereocenters. The van der Waals surface area contributed by atoms with Gasteiger partial charge in [0.2, 0.25) is 5.78 Å². The van der Waals surface area contributed by atoms with E-state index in [-0.39, 0.29) is 6.42 Å². The third-order valence-electron chi connectivity index (χ3n) is 1.37. The lowest BCUT2D eigenvalue weighted by atomic mass is 9.96. The number of carbonyl (C=O) groups excluding carboxylic acids is 2. The van der Waals surface area contributed by atoms with Crippen molar-refractivity contribution in [3.63, 3.8) is 0 Å². The molecule has 12 heavy (non-hydrogen) atoms. The fourth-order valence-corrected chi connectivity index (χ4v) is 0.739. The largest absolute Gasteiger partial charge is 0.389 e. The van der Waals surface area contributed by atoms with Gasteiger partial charge in [0.15, 0.2) is 5.78 Å². The van der Waals surface area contributed by atoms with Gasteiger partial charge in [0.1, 0.15) is 12.7 Å². The molecule has 0 radical (unpaired) electrons. The molecule has 1 N–H and O–H groups in total. The fourth-order valence-electron chi connectivity index (χ4n) is 0.739. The molecule has 0 fully saturated rings. The van der Waals surface area contributed by atoms with Gasteiger partial charge in [0, 0.05) is 0 Å². The second kappa shape index (κ2) is 5.22. The summed E-state index contributed by atoms with van der Waals surface area (Å²) in [7, 11) is 0. The van der Waals surface area contributed by atoms with Gasteiger partial charge in [0.25, 0.3) is 0 Å². The van der Waals surface area contributed by atoms with Crippen molar-refractivity contribution in [1.82, 2.24) is 0 Å². The summed E-state index contributed by atoms with van der Waals surface area (Å²) in [6, 6.07) is 1.35. The molecule has 0 saturated carbocycles. The molecule has 0 saturated heterocycles. The minimum Gasteiger partial charge on any atom is -0.389 e. The van der Waals surface area contributed by atoms with Crippen LogP contribution in [0.2, 0.25) is 0 Å². The lowest BCUT2D eigenvalue weighted by molar-refractivity contribution is -0.131. The predicted molar refractivity (Wildman–Crippen MR) is 41.0 cm³/mol. The van der Waals surface area contributed by atoms with Gasteiger partial charge in [-0.25, -0.2) is 0 Å². The van der Waals surface area contributed by atoms with Gasteiger partial charge in [-0.15, -0.1) is 6.58 Å². The van der Waals surface area contributed by atoms with Crippen LogP contribution in [-0.2, 0) is 9.59 Å². The number of ketones is 2. The van der Waals surface area contributed by atoms with Gasteiger partial charge in [0.05, 0.1) is 5.92 Å². The first-order chi connectivity index (χ1) is 5.67. The van der Waals surface area contributed by atoms with Crippen LogP contribution >= 0.6 is 0 Å². The van der Waals surface area contributed by atoms with Crippen molar-refractivity contribution in [2.75, 3.05) is 6.61 Å². The summed E-state index contributed by atoms with van der Waals surface area (Å²) in [6.45, 7) is 2.62.